The molecule has 0 aromatic heterocycles. The summed E-state index contributed by atoms with van der Waals surface area (Å²) in [6.45, 7) is 0. The molecule has 1 aromatic carbocycles. The van der Waals surface area contributed by atoms with Crippen LogP contribution in [0.2, 0.25) is 5.02 Å². The average molecular weight is 300 g/mol. The second-order valence-electron chi connectivity index (χ2n) is 3.65. The molecule has 3 heteroatoms. The lowest BCUT2D eigenvalue weighted by atomic mass is 9.97. The van der Waals surface area contributed by atoms with E-state index >= 15 is 0 Å². The Hall–Kier alpha value is -0.180. The van der Waals surface area contributed by atoms with Gasteiger partial charge in [-0.25, -0.2) is 0 Å². The molecule has 0 fully saturated rings. The average Bonchev–Trinajstić information content (AvgIpc) is 2.56. The largest absolute Gasteiger partial charge is 0.117 e. The van der Waals surface area contributed by atoms with E-state index in [0.717, 1.165) is 11.4 Å². The van der Waals surface area contributed by atoms with E-state index < -0.39 is 0 Å². The van der Waals surface area contributed by atoms with Gasteiger partial charge in [0.1, 0.15) is 0 Å². The Balaban J connectivity index is 2.21. The van der Waals surface area contributed by atoms with E-state index in [1.165, 1.54) is 20.5 Å². The third kappa shape index (κ3) is 1.59. The summed E-state index contributed by atoms with van der Waals surface area (Å²) in [4.78, 5) is 1.31. The molecule has 0 amide bonds. The molecule has 0 nitrogen and oxygen atoms in total. The summed E-state index contributed by atoms with van der Waals surface area (Å²) < 4.78 is 1.22. The van der Waals surface area contributed by atoms with Crippen LogP contribution >= 0.6 is 39.3 Å². The minimum absolute atomic E-state index is 0.567. The van der Waals surface area contributed by atoms with Crippen LogP contribution < -0.4 is 0 Å². The van der Waals surface area contributed by atoms with E-state index in [0.29, 0.717) is 5.25 Å². The van der Waals surface area contributed by atoms with Gasteiger partial charge < -0.3 is 0 Å². The van der Waals surface area contributed by atoms with Gasteiger partial charge in [0.25, 0.3) is 0 Å². The highest BCUT2D eigenvalue weighted by Crippen LogP contribution is 2.51. The first-order chi connectivity index (χ1) is 7.25. The van der Waals surface area contributed by atoms with Crippen molar-refractivity contribution in [2.45, 2.75) is 16.6 Å². The van der Waals surface area contributed by atoms with E-state index in [1.807, 2.05) is 17.8 Å². The van der Waals surface area contributed by atoms with Crippen molar-refractivity contribution in [3.63, 3.8) is 0 Å². The van der Waals surface area contributed by atoms with E-state index in [1.54, 1.807) is 0 Å². The van der Waals surface area contributed by atoms with Gasteiger partial charge in [-0.2, -0.15) is 0 Å². The molecule has 0 bridgehead atoms. The molecule has 3 rings (SSSR count). The van der Waals surface area contributed by atoms with Crippen LogP contribution in [0.3, 0.4) is 0 Å². The number of benzene rings is 1. The molecular formula is C12H8BrClS. The topological polar surface area (TPSA) is 0 Å². The highest BCUT2D eigenvalue weighted by atomic mass is 79.9. The normalized spacial score (nSPS) is 22.9. The summed E-state index contributed by atoms with van der Waals surface area (Å²) in [5.41, 5.74) is 2.76. The summed E-state index contributed by atoms with van der Waals surface area (Å²) in [6, 6.07) is 6.16. The van der Waals surface area contributed by atoms with Gasteiger partial charge in [-0.3, -0.25) is 0 Å². The quantitative estimate of drug-likeness (QED) is 0.658. The minimum atomic E-state index is 0.567. The molecule has 1 atom stereocenters. The minimum Gasteiger partial charge on any atom is -0.117 e. The Morgan fingerprint density at radius 3 is 3.13 bits per heavy atom. The lowest BCUT2D eigenvalue weighted by Gasteiger charge is -2.14. The van der Waals surface area contributed by atoms with Crippen LogP contribution in [-0.2, 0) is 0 Å². The summed E-state index contributed by atoms with van der Waals surface area (Å²) in [6.07, 6.45) is 5.48. The van der Waals surface area contributed by atoms with Gasteiger partial charge in [0.05, 0.1) is 0 Å². The van der Waals surface area contributed by atoms with E-state index in [4.69, 9.17) is 11.6 Å². The molecule has 76 valence electrons. The van der Waals surface area contributed by atoms with Crippen LogP contribution in [0.25, 0.3) is 5.57 Å². The molecule has 15 heavy (non-hydrogen) atoms. The number of fused-ring (bicyclic) bond motifs is 3. The second kappa shape index (κ2) is 3.69. The van der Waals surface area contributed by atoms with Crippen molar-refractivity contribution in [3.8, 4) is 0 Å². The maximum Gasteiger partial charge on any atom is 0.0417 e. The Kier molecular flexibility index (Phi) is 2.46. The van der Waals surface area contributed by atoms with Crippen molar-refractivity contribution in [2.75, 3.05) is 0 Å². The van der Waals surface area contributed by atoms with Crippen molar-refractivity contribution in [1.29, 1.82) is 0 Å². The molecule has 2 aliphatic rings. The van der Waals surface area contributed by atoms with Crippen molar-refractivity contribution in [2.24, 2.45) is 0 Å². The molecule has 0 saturated carbocycles. The zero-order chi connectivity index (χ0) is 10.4. The predicted octanol–water partition coefficient (Wildman–Crippen LogP) is 4.88. The van der Waals surface area contributed by atoms with Gasteiger partial charge in [-0.1, -0.05) is 45.7 Å². The molecule has 1 aliphatic carbocycles. The fourth-order valence-electron chi connectivity index (χ4n) is 2.04. The van der Waals surface area contributed by atoms with E-state index in [-0.39, 0.29) is 0 Å². The summed E-state index contributed by atoms with van der Waals surface area (Å²) in [5.74, 6) is 0. The molecular weight excluding hydrogens is 292 g/mol. The predicted molar refractivity (Wildman–Crippen MR) is 70.7 cm³/mol. The Morgan fingerprint density at radius 2 is 2.27 bits per heavy atom. The molecule has 0 spiro atoms. The van der Waals surface area contributed by atoms with Crippen molar-refractivity contribution >= 4 is 44.9 Å². The highest BCUT2D eigenvalue weighted by molar-refractivity contribution is 9.12. The van der Waals surface area contributed by atoms with Gasteiger partial charge in [-0.05, 0) is 29.7 Å². The van der Waals surface area contributed by atoms with Gasteiger partial charge in [0.2, 0.25) is 0 Å². The molecule has 0 unspecified atom stereocenters. The number of rotatable bonds is 0. The van der Waals surface area contributed by atoms with Gasteiger partial charge in [0.15, 0.2) is 0 Å². The molecule has 0 saturated heterocycles. The first kappa shape index (κ1) is 10.0. The third-order valence-corrected chi connectivity index (χ3v) is 4.93. The summed E-state index contributed by atoms with van der Waals surface area (Å²) in [5, 5.41) is 1.39. The van der Waals surface area contributed by atoms with Crippen molar-refractivity contribution in [3.05, 3.63) is 45.4 Å². The van der Waals surface area contributed by atoms with Crippen LogP contribution in [0, 0.1) is 0 Å². The number of halogens is 2. The molecule has 1 aliphatic heterocycles. The van der Waals surface area contributed by atoms with Gasteiger partial charge in [-0.15, -0.1) is 11.8 Å². The van der Waals surface area contributed by atoms with Crippen LogP contribution in [0.15, 0.2) is 39.7 Å². The fraction of sp³-hybridized carbons (Fsp3) is 0.167. The standard InChI is InChI=1S/C12H8BrClS/c13-9-2-1-3-10-12(9)8-5-4-7(14)6-11(8)15-10/h1-2,4-6,10H,3H2/t10-/m0/s1. The number of allylic oxidation sites excluding steroid dienone is 3. The van der Waals surface area contributed by atoms with E-state index in [9.17, 15) is 0 Å². The number of hydrogen-bond donors (Lipinski definition) is 0. The lowest BCUT2D eigenvalue weighted by Crippen LogP contribution is -2.02. The number of hydrogen-bond acceptors (Lipinski definition) is 1. The fourth-order valence-corrected chi connectivity index (χ4v) is 4.49. The first-order valence-corrected chi connectivity index (χ1v) is 6.83. The summed E-state index contributed by atoms with van der Waals surface area (Å²) in [7, 11) is 0. The monoisotopic (exact) mass is 298 g/mol. The number of thioether (sulfide) groups is 1. The SMILES string of the molecule is Clc1ccc2c(c1)S[C@H]1CC=CC(Br)=C21. The first-order valence-electron chi connectivity index (χ1n) is 4.78. The van der Waals surface area contributed by atoms with Gasteiger partial charge in [0, 0.05) is 19.7 Å². The summed E-state index contributed by atoms with van der Waals surface area (Å²) >= 11 is 11.5. The van der Waals surface area contributed by atoms with Crippen LogP contribution in [0.5, 0.6) is 0 Å². The third-order valence-electron chi connectivity index (χ3n) is 2.70. The zero-order valence-electron chi connectivity index (χ0n) is 7.84. The lowest BCUT2D eigenvalue weighted by molar-refractivity contribution is 1.09. The Labute approximate surface area is 107 Å². The Morgan fingerprint density at radius 1 is 1.40 bits per heavy atom. The Bertz CT molecular complexity index is 490. The molecule has 0 radical (unpaired) electrons. The van der Waals surface area contributed by atoms with E-state index in [2.05, 4.69) is 40.2 Å². The van der Waals surface area contributed by atoms with Crippen LogP contribution in [0.4, 0.5) is 0 Å². The van der Waals surface area contributed by atoms with Gasteiger partial charge >= 0.3 is 0 Å². The van der Waals surface area contributed by atoms with Crippen LogP contribution in [0.1, 0.15) is 12.0 Å². The van der Waals surface area contributed by atoms with Crippen molar-refractivity contribution in [1.82, 2.24) is 0 Å². The highest BCUT2D eigenvalue weighted by Gasteiger charge is 2.30. The maximum atomic E-state index is 6.00. The maximum absolute atomic E-state index is 6.00. The smallest absolute Gasteiger partial charge is 0.0417 e. The van der Waals surface area contributed by atoms with Crippen LogP contribution in [-0.4, -0.2) is 5.25 Å². The molecule has 0 N–H and O–H groups in total. The second-order valence-corrected chi connectivity index (χ2v) is 6.18. The molecule has 1 heterocycles. The molecule has 1 aromatic rings. The zero-order valence-corrected chi connectivity index (χ0v) is 11.0. The van der Waals surface area contributed by atoms with Crippen molar-refractivity contribution < 1.29 is 0 Å².